The summed E-state index contributed by atoms with van der Waals surface area (Å²) in [6.45, 7) is 0. The van der Waals surface area contributed by atoms with Crippen molar-refractivity contribution in [2.24, 2.45) is 0 Å². The van der Waals surface area contributed by atoms with Gasteiger partial charge in [-0.25, -0.2) is 4.98 Å². The molecule has 11 heavy (non-hydrogen) atoms. The van der Waals surface area contributed by atoms with E-state index in [9.17, 15) is 8.78 Å². The van der Waals surface area contributed by atoms with Gasteiger partial charge < -0.3 is 0 Å². The van der Waals surface area contributed by atoms with Gasteiger partial charge in [0.05, 0.1) is 5.88 Å². The van der Waals surface area contributed by atoms with Crippen molar-refractivity contribution in [3.63, 3.8) is 0 Å². The van der Waals surface area contributed by atoms with Crippen LogP contribution in [-0.4, -0.2) is 10.7 Å². The van der Waals surface area contributed by atoms with Crippen molar-refractivity contribution in [2.45, 2.75) is 16.0 Å². The van der Waals surface area contributed by atoms with Gasteiger partial charge in [-0.15, -0.1) is 22.9 Å². The van der Waals surface area contributed by atoms with Gasteiger partial charge in [0.1, 0.15) is 0 Å². The largest absolute Gasteiger partial charge is 0.291 e. The number of thioether (sulfide) groups is 1. The van der Waals surface area contributed by atoms with Crippen LogP contribution in [0.15, 0.2) is 10.5 Å². The van der Waals surface area contributed by atoms with Crippen LogP contribution < -0.4 is 0 Å². The second-order valence-electron chi connectivity index (χ2n) is 1.60. The molecule has 62 valence electrons. The first-order chi connectivity index (χ1) is 5.22. The third-order valence-electron chi connectivity index (χ3n) is 0.854. The average molecular weight is 216 g/mol. The minimum Gasteiger partial charge on any atom is -0.238 e. The Balaban J connectivity index is 2.58. The van der Waals surface area contributed by atoms with Crippen LogP contribution >= 0.6 is 34.7 Å². The summed E-state index contributed by atoms with van der Waals surface area (Å²) in [6.07, 6.45) is 1.52. The van der Waals surface area contributed by atoms with Crippen molar-refractivity contribution in [3.05, 3.63) is 11.1 Å². The zero-order chi connectivity index (χ0) is 8.27. The second kappa shape index (κ2) is 4.23. The van der Waals surface area contributed by atoms with E-state index in [1.165, 1.54) is 17.5 Å². The SMILES string of the molecule is FC(F)Sc1ncc(CCl)s1. The van der Waals surface area contributed by atoms with Crippen LogP contribution in [0.1, 0.15) is 4.88 Å². The van der Waals surface area contributed by atoms with Crippen molar-refractivity contribution < 1.29 is 8.78 Å². The van der Waals surface area contributed by atoms with E-state index < -0.39 is 5.76 Å². The third kappa shape index (κ3) is 2.92. The van der Waals surface area contributed by atoms with Gasteiger partial charge in [0.2, 0.25) is 0 Å². The van der Waals surface area contributed by atoms with E-state index in [2.05, 4.69) is 4.98 Å². The van der Waals surface area contributed by atoms with Crippen LogP contribution in [0.25, 0.3) is 0 Å². The Morgan fingerprint density at radius 1 is 1.73 bits per heavy atom. The first-order valence-corrected chi connectivity index (χ1v) is 4.91. The van der Waals surface area contributed by atoms with Crippen molar-refractivity contribution in [3.8, 4) is 0 Å². The van der Waals surface area contributed by atoms with E-state index in [4.69, 9.17) is 11.6 Å². The topological polar surface area (TPSA) is 12.9 Å². The van der Waals surface area contributed by atoms with E-state index >= 15 is 0 Å². The maximum Gasteiger partial charge on any atom is 0.291 e. The van der Waals surface area contributed by atoms with Gasteiger partial charge in [0, 0.05) is 11.1 Å². The molecule has 0 bridgehead atoms. The molecule has 1 aromatic rings. The zero-order valence-corrected chi connectivity index (χ0v) is 7.65. The van der Waals surface area contributed by atoms with Gasteiger partial charge in [-0.1, -0.05) is 0 Å². The molecule has 0 N–H and O–H groups in total. The minimum absolute atomic E-state index is 0.335. The Kier molecular flexibility index (Phi) is 3.54. The summed E-state index contributed by atoms with van der Waals surface area (Å²) < 4.78 is 23.8. The molecule has 1 rings (SSSR count). The Morgan fingerprint density at radius 3 is 2.91 bits per heavy atom. The molecular weight excluding hydrogens is 212 g/mol. The Hall–Kier alpha value is 0.130. The molecule has 1 heterocycles. The van der Waals surface area contributed by atoms with Crippen LogP contribution in [0.2, 0.25) is 0 Å². The van der Waals surface area contributed by atoms with Gasteiger partial charge in [-0.2, -0.15) is 8.78 Å². The van der Waals surface area contributed by atoms with Gasteiger partial charge >= 0.3 is 0 Å². The molecule has 0 aliphatic carbocycles. The maximum atomic E-state index is 11.7. The smallest absolute Gasteiger partial charge is 0.238 e. The summed E-state index contributed by atoms with van der Waals surface area (Å²) in [5.41, 5.74) is 0. The summed E-state index contributed by atoms with van der Waals surface area (Å²) >= 11 is 7.10. The number of hydrogen-bond acceptors (Lipinski definition) is 3. The predicted molar refractivity (Wildman–Crippen MR) is 43.5 cm³/mol. The first kappa shape index (κ1) is 9.22. The van der Waals surface area contributed by atoms with Crippen LogP contribution in [0.5, 0.6) is 0 Å². The lowest BCUT2D eigenvalue weighted by atomic mass is 10.6. The van der Waals surface area contributed by atoms with E-state index in [0.29, 0.717) is 22.0 Å². The quantitative estimate of drug-likeness (QED) is 0.567. The van der Waals surface area contributed by atoms with Crippen LogP contribution in [0.3, 0.4) is 0 Å². The standard InChI is InChI=1S/C5H4ClF2NS2/c6-1-3-2-9-5(10-3)11-4(7)8/h2,4H,1H2. The Labute approximate surface area is 75.8 Å². The third-order valence-corrected chi connectivity index (χ3v) is 3.12. The lowest BCUT2D eigenvalue weighted by Crippen LogP contribution is -1.78. The molecule has 0 radical (unpaired) electrons. The number of alkyl halides is 3. The van der Waals surface area contributed by atoms with E-state index in [1.54, 1.807) is 0 Å². The van der Waals surface area contributed by atoms with E-state index in [1.807, 2.05) is 0 Å². The number of aromatic nitrogens is 1. The molecule has 0 amide bonds. The summed E-state index contributed by atoms with van der Waals surface area (Å²) in [6, 6.07) is 0. The Morgan fingerprint density at radius 2 is 2.45 bits per heavy atom. The second-order valence-corrected chi connectivity index (χ2v) is 4.22. The molecule has 6 heteroatoms. The minimum atomic E-state index is -2.40. The van der Waals surface area contributed by atoms with Crippen LogP contribution in [0.4, 0.5) is 8.78 Å². The molecule has 0 unspecified atom stereocenters. The fourth-order valence-corrected chi connectivity index (χ4v) is 2.20. The number of nitrogens with zero attached hydrogens (tertiary/aromatic N) is 1. The van der Waals surface area contributed by atoms with Gasteiger partial charge in [-0.05, 0) is 11.8 Å². The molecule has 1 aromatic heterocycles. The fraction of sp³-hybridized carbons (Fsp3) is 0.400. The van der Waals surface area contributed by atoms with E-state index in [0.717, 1.165) is 4.88 Å². The van der Waals surface area contributed by atoms with Gasteiger partial charge in [-0.3, -0.25) is 0 Å². The molecule has 0 saturated heterocycles. The molecule has 1 nitrogen and oxygen atoms in total. The highest BCUT2D eigenvalue weighted by Crippen LogP contribution is 2.29. The highest BCUT2D eigenvalue weighted by Gasteiger charge is 2.08. The summed E-state index contributed by atoms with van der Waals surface area (Å²) in [5.74, 6) is -2.06. The Bertz CT molecular complexity index is 228. The molecule has 0 atom stereocenters. The highest BCUT2D eigenvalue weighted by atomic mass is 35.5. The van der Waals surface area contributed by atoms with Crippen molar-refractivity contribution in [2.75, 3.05) is 0 Å². The van der Waals surface area contributed by atoms with Crippen LogP contribution in [-0.2, 0) is 5.88 Å². The summed E-state index contributed by atoms with van der Waals surface area (Å²) in [5, 5.41) is 0. The molecule has 0 aromatic carbocycles. The van der Waals surface area contributed by atoms with Gasteiger partial charge in [0.15, 0.2) is 4.34 Å². The first-order valence-electron chi connectivity index (χ1n) is 2.68. The maximum absolute atomic E-state index is 11.7. The molecular formula is C5H4ClF2NS2. The number of hydrogen-bond donors (Lipinski definition) is 0. The predicted octanol–water partition coefficient (Wildman–Crippen LogP) is 3.20. The van der Waals surface area contributed by atoms with Crippen molar-refractivity contribution in [1.82, 2.24) is 4.98 Å². The summed E-state index contributed by atoms with van der Waals surface area (Å²) in [4.78, 5) is 4.56. The fourth-order valence-electron chi connectivity index (χ4n) is 0.482. The zero-order valence-electron chi connectivity index (χ0n) is 5.26. The monoisotopic (exact) mass is 215 g/mol. The van der Waals surface area contributed by atoms with E-state index in [-0.39, 0.29) is 0 Å². The average Bonchev–Trinajstić information content (AvgIpc) is 2.34. The van der Waals surface area contributed by atoms with Crippen molar-refractivity contribution in [1.29, 1.82) is 0 Å². The summed E-state index contributed by atoms with van der Waals surface area (Å²) in [7, 11) is 0. The number of thiazole rings is 1. The highest BCUT2D eigenvalue weighted by molar-refractivity contribution is 8.01. The molecule has 0 fully saturated rings. The molecule has 0 aliphatic heterocycles. The van der Waals surface area contributed by atoms with Crippen LogP contribution in [0, 0.1) is 0 Å². The molecule has 0 spiro atoms. The normalized spacial score (nSPS) is 10.9. The van der Waals surface area contributed by atoms with Gasteiger partial charge in [0.25, 0.3) is 5.76 Å². The van der Waals surface area contributed by atoms with Crippen molar-refractivity contribution >= 4 is 34.7 Å². The molecule has 0 aliphatic rings. The number of halogens is 3. The number of rotatable bonds is 3. The molecule has 0 saturated carbocycles. The lowest BCUT2D eigenvalue weighted by Gasteiger charge is -1.90. The lowest BCUT2D eigenvalue weighted by molar-refractivity contribution is 0.252.